The number of ether oxygens (including phenoxy) is 2. The van der Waals surface area contributed by atoms with Gasteiger partial charge in [-0.3, -0.25) is 4.79 Å². The number of para-hydroxylation sites is 1. The Hall–Kier alpha value is -2.51. The van der Waals surface area contributed by atoms with Crippen molar-refractivity contribution in [3.8, 4) is 5.75 Å². The van der Waals surface area contributed by atoms with Gasteiger partial charge in [-0.2, -0.15) is 0 Å². The average Bonchev–Trinajstić information content (AvgIpc) is 2.64. The van der Waals surface area contributed by atoms with Gasteiger partial charge < -0.3 is 19.7 Å². The van der Waals surface area contributed by atoms with E-state index in [1.807, 2.05) is 4.90 Å². The number of anilines is 1. The van der Waals surface area contributed by atoms with Crippen LogP contribution in [0.2, 0.25) is 0 Å². The standard InChI is InChI=1S/C18H17FN2O3S/c19-15-6-1-2-7-16(15)20-17(22)13-4-3-5-14(12-13)24-18(25)21-8-10-23-11-9-21/h1-7,12H,8-11H2,(H,20,22). The summed E-state index contributed by atoms with van der Waals surface area (Å²) < 4.78 is 24.6. The van der Waals surface area contributed by atoms with Crippen molar-refractivity contribution < 1.29 is 18.7 Å². The lowest BCUT2D eigenvalue weighted by Crippen LogP contribution is -2.42. The van der Waals surface area contributed by atoms with E-state index in [-0.39, 0.29) is 5.69 Å². The van der Waals surface area contributed by atoms with E-state index in [1.54, 1.807) is 36.4 Å². The van der Waals surface area contributed by atoms with Crippen molar-refractivity contribution in [3.63, 3.8) is 0 Å². The van der Waals surface area contributed by atoms with Gasteiger partial charge in [0.2, 0.25) is 0 Å². The third-order valence-electron chi connectivity index (χ3n) is 3.69. The molecule has 1 aliphatic heterocycles. The van der Waals surface area contributed by atoms with Gasteiger partial charge in [0.25, 0.3) is 11.1 Å². The molecule has 1 aliphatic rings. The molecule has 5 nitrogen and oxygen atoms in total. The molecule has 0 aliphatic carbocycles. The van der Waals surface area contributed by atoms with Crippen LogP contribution in [-0.2, 0) is 4.74 Å². The van der Waals surface area contributed by atoms with E-state index in [0.29, 0.717) is 42.8 Å². The molecule has 1 heterocycles. The van der Waals surface area contributed by atoms with Crippen LogP contribution in [0.1, 0.15) is 10.4 Å². The van der Waals surface area contributed by atoms with Crippen molar-refractivity contribution in [1.82, 2.24) is 4.90 Å². The van der Waals surface area contributed by atoms with E-state index in [9.17, 15) is 9.18 Å². The Labute approximate surface area is 150 Å². The molecule has 1 saturated heterocycles. The topological polar surface area (TPSA) is 50.8 Å². The number of thiocarbonyl (C=S) groups is 1. The van der Waals surface area contributed by atoms with Gasteiger partial charge in [0, 0.05) is 18.7 Å². The first-order valence-corrected chi connectivity index (χ1v) is 8.25. The zero-order valence-electron chi connectivity index (χ0n) is 13.4. The number of rotatable bonds is 3. The maximum absolute atomic E-state index is 13.7. The first-order chi connectivity index (χ1) is 12.1. The lowest BCUT2D eigenvalue weighted by atomic mass is 10.2. The van der Waals surface area contributed by atoms with E-state index in [1.165, 1.54) is 12.1 Å². The molecule has 1 N–H and O–H groups in total. The summed E-state index contributed by atoms with van der Waals surface area (Å²) in [4.78, 5) is 14.2. The second-order valence-electron chi connectivity index (χ2n) is 5.43. The van der Waals surface area contributed by atoms with Crippen molar-refractivity contribution in [2.24, 2.45) is 0 Å². The highest BCUT2D eigenvalue weighted by atomic mass is 32.1. The van der Waals surface area contributed by atoms with Gasteiger partial charge in [-0.1, -0.05) is 18.2 Å². The Bertz CT molecular complexity index is 778. The number of carbonyl (C=O) groups excluding carboxylic acids is 1. The van der Waals surface area contributed by atoms with Gasteiger partial charge in [0.1, 0.15) is 11.6 Å². The maximum atomic E-state index is 13.7. The van der Waals surface area contributed by atoms with E-state index >= 15 is 0 Å². The Kier molecular flexibility index (Phi) is 5.57. The second-order valence-corrected chi connectivity index (χ2v) is 5.78. The molecule has 0 atom stereocenters. The van der Waals surface area contributed by atoms with Gasteiger partial charge in [0.05, 0.1) is 18.9 Å². The minimum Gasteiger partial charge on any atom is -0.432 e. The Balaban J connectivity index is 1.67. The molecule has 3 rings (SSSR count). The first-order valence-electron chi connectivity index (χ1n) is 7.84. The predicted molar refractivity (Wildman–Crippen MR) is 96.4 cm³/mol. The molecule has 1 fully saturated rings. The summed E-state index contributed by atoms with van der Waals surface area (Å²) in [5.41, 5.74) is 0.480. The molecule has 7 heteroatoms. The highest BCUT2D eigenvalue weighted by Crippen LogP contribution is 2.18. The summed E-state index contributed by atoms with van der Waals surface area (Å²) in [5.74, 6) is -0.456. The van der Waals surface area contributed by atoms with Gasteiger partial charge in [-0.05, 0) is 42.5 Å². The van der Waals surface area contributed by atoms with Crippen LogP contribution in [0.3, 0.4) is 0 Å². The number of amides is 1. The Morgan fingerprint density at radius 1 is 1.16 bits per heavy atom. The predicted octanol–water partition coefficient (Wildman–Crippen LogP) is 3.07. The van der Waals surface area contributed by atoms with Gasteiger partial charge in [-0.15, -0.1) is 0 Å². The molecule has 0 unspecified atom stereocenters. The minimum absolute atomic E-state index is 0.127. The molecule has 1 amide bonds. The summed E-state index contributed by atoms with van der Waals surface area (Å²) in [6, 6.07) is 12.6. The fourth-order valence-corrected chi connectivity index (χ4v) is 2.65. The lowest BCUT2D eigenvalue weighted by molar-refractivity contribution is 0.0631. The number of halogens is 1. The quantitative estimate of drug-likeness (QED) is 0.853. The molecule has 2 aromatic carbocycles. The summed E-state index contributed by atoms with van der Waals surface area (Å²) >= 11 is 5.28. The van der Waals surface area contributed by atoms with Crippen LogP contribution >= 0.6 is 12.2 Å². The third kappa shape index (κ3) is 4.52. The van der Waals surface area contributed by atoms with E-state index in [2.05, 4.69) is 5.32 Å². The highest BCUT2D eigenvalue weighted by Gasteiger charge is 2.16. The smallest absolute Gasteiger partial charge is 0.264 e. The average molecular weight is 360 g/mol. The molecule has 0 spiro atoms. The zero-order valence-corrected chi connectivity index (χ0v) is 14.2. The largest absolute Gasteiger partial charge is 0.432 e. The molecule has 0 bridgehead atoms. The third-order valence-corrected chi connectivity index (χ3v) is 4.03. The maximum Gasteiger partial charge on any atom is 0.264 e. The van der Waals surface area contributed by atoms with Crippen LogP contribution in [0, 0.1) is 5.82 Å². The number of hydrogen-bond acceptors (Lipinski definition) is 4. The van der Waals surface area contributed by atoms with E-state index < -0.39 is 11.7 Å². The second kappa shape index (κ2) is 8.04. The summed E-state index contributed by atoms with van der Waals surface area (Å²) in [5, 5.41) is 2.88. The Morgan fingerprint density at radius 2 is 1.92 bits per heavy atom. The van der Waals surface area contributed by atoms with Crippen LogP contribution < -0.4 is 10.1 Å². The molecule has 2 aromatic rings. The van der Waals surface area contributed by atoms with E-state index in [4.69, 9.17) is 21.7 Å². The summed E-state index contributed by atoms with van der Waals surface area (Å²) in [6.45, 7) is 2.56. The molecule has 25 heavy (non-hydrogen) atoms. The van der Waals surface area contributed by atoms with Gasteiger partial charge in [-0.25, -0.2) is 4.39 Å². The zero-order chi connectivity index (χ0) is 17.6. The Morgan fingerprint density at radius 3 is 2.68 bits per heavy atom. The number of hydrogen-bond donors (Lipinski definition) is 1. The first kappa shape index (κ1) is 17.3. The van der Waals surface area contributed by atoms with E-state index in [0.717, 1.165) is 0 Å². The minimum atomic E-state index is -0.489. The fraction of sp³-hybridized carbons (Fsp3) is 0.222. The van der Waals surface area contributed by atoms with Gasteiger partial charge >= 0.3 is 0 Å². The monoisotopic (exact) mass is 360 g/mol. The van der Waals surface area contributed by atoms with Crippen LogP contribution in [0.5, 0.6) is 5.75 Å². The molecule has 0 radical (unpaired) electrons. The van der Waals surface area contributed by atoms with Crippen LogP contribution in [0.15, 0.2) is 48.5 Å². The summed E-state index contributed by atoms with van der Waals surface area (Å²) in [7, 11) is 0. The van der Waals surface area contributed by atoms with Crippen LogP contribution in [-0.4, -0.2) is 42.3 Å². The normalized spacial score (nSPS) is 14.0. The lowest BCUT2D eigenvalue weighted by Gasteiger charge is -2.28. The summed E-state index contributed by atoms with van der Waals surface area (Å²) in [6.07, 6.45) is 0. The molecular formula is C18H17FN2O3S. The number of morpholine rings is 1. The van der Waals surface area contributed by atoms with Crippen molar-refractivity contribution in [2.45, 2.75) is 0 Å². The molecule has 0 aromatic heterocycles. The van der Waals surface area contributed by atoms with Crippen molar-refractivity contribution in [2.75, 3.05) is 31.6 Å². The number of benzene rings is 2. The highest BCUT2D eigenvalue weighted by molar-refractivity contribution is 7.80. The fourth-order valence-electron chi connectivity index (χ4n) is 2.37. The van der Waals surface area contributed by atoms with Crippen molar-refractivity contribution in [1.29, 1.82) is 0 Å². The van der Waals surface area contributed by atoms with Crippen LogP contribution in [0.25, 0.3) is 0 Å². The number of nitrogens with one attached hydrogen (secondary N) is 1. The molecule has 0 saturated carbocycles. The molecular weight excluding hydrogens is 343 g/mol. The van der Waals surface area contributed by atoms with Gasteiger partial charge in [0.15, 0.2) is 0 Å². The SMILES string of the molecule is O=C(Nc1ccccc1F)c1cccc(OC(=S)N2CCOCC2)c1. The van der Waals surface area contributed by atoms with Crippen molar-refractivity contribution in [3.05, 3.63) is 59.9 Å². The van der Waals surface area contributed by atoms with Crippen LogP contribution in [0.4, 0.5) is 10.1 Å². The number of nitrogens with zero attached hydrogens (tertiary/aromatic N) is 1. The van der Waals surface area contributed by atoms with Crippen molar-refractivity contribution >= 4 is 29.0 Å². The molecule has 130 valence electrons. The number of carbonyl (C=O) groups is 1.